The maximum absolute atomic E-state index is 10.7. The molecule has 2 aromatic rings. The lowest BCUT2D eigenvalue weighted by molar-refractivity contribution is 0.218. The molecule has 0 amide bonds. The van der Waals surface area contributed by atoms with Gasteiger partial charge in [-0.25, -0.2) is 0 Å². The van der Waals surface area contributed by atoms with Crippen molar-refractivity contribution >= 4 is 11.1 Å². The van der Waals surface area contributed by atoms with Gasteiger partial charge in [0.05, 0.1) is 0 Å². The topological polar surface area (TPSA) is 46.9 Å². The molecule has 2 fully saturated rings. The van der Waals surface area contributed by atoms with Crippen LogP contribution in [0.3, 0.4) is 0 Å². The molecule has 2 aromatic carbocycles. The summed E-state index contributed by atoms with van der Waals surface area (Å²) < 4.78 is 0. The number of hydrogen-bond acceptors (Lipinski definition) is 4. The average molecular weight is 435 g/mol. The summed E-state index contributed by atoms with van der Waals surface area (Å²) in [4.78, 5) is 4.86. The molecule has 0 spiro atoms. The number of phenols is 2. The molecule has 0 saturated carbocycles. The lowest BCUT2D eigenvalue weighted by Crippen LogP contribution is -2.29. The zero-order chi connectivity index (χ0) is 22.5. The van der Waals surface area contributed by atoms with Gasteiger partial charge in [-0.05, 0) is 100 Å². The van der Waals surface area contributed by atoms with Crippen LogP contribution in [0, 0.1) is 0 Å². The van der Waals surface area contributed by atoms with E-state index >= 15 is 0 Å². The Morgan fingerprint density at radius 2 is 1.00 bits per heavy atom. The van der Waals surface area contributed by atoms with E-state index in [0.717, 1.165) is 72.7 Å². The van der Waals surface area contributed by atoms with Gasteiger partial charge in [-0.15, -0.1) is 0 Å². The second-order valence-corrected chi connectivity index (χ2v) is 9.61. The van der Waals surface area contributed by atoms with Gasteiger partial charge in [0.25, 0.3) is 0 Å². The summed E-state index contributed by atoms with van der Waals surface area (Å²) in [5.41, 5.74) is 6.29. The molecule has 2 aliphatic rings. The second-order valence-electron chi connectivity index (χ2n) is 9.61. The van der Waals surface area contributed by atoms with E-state index in [9.17, 15) is 10.2 Å². The van der Waals surface area contributed by atoms with Crippen LogP contribution in [0.5, 0.6) is 11.5 Å². The molecule has 0 aliphatic carbocycles. The summed E-state index contributed by atoms with van der Waals surface area (Å²) in [5.74, 6) is 0.750. The van der Waals surface area contributed by atoms with E-state index in [-0.39, 0.29) is 0 Å². The fourth-order valence-electron chi connectivity index (χ4n) is 5.01. The quantitative estimate of drug-likeness (QED) is 0.546. The SMILES string of the molecule is C/C(=C(\C)c1ccc(CN2CCCCC2)c(O)c1)c1ccc(CN2CCCCC2)c(O)c1. The first-order valence-electron chi connectivity index (χ1n) is 12.3. The highest BCUT2D eigenvalue weighted by atomic mass is 16.3. The second kappa shape index (κ2) is 10.5. The monoisotopic (exact) mass is 434 g/mol. The first-order chi connectivity index (χ1) is 15.5. The number of hydrogen-bond donors (Lipinski definition) is 2. The van der Waals surface area contributed by atoms with Gasteiger partial charge in [0, 0.05) is 24.2 Å². The predicted octanol–water partition coefficient (Wildman–Crippen LogP) is 6.02. The maximum Gasteiger partial charge on any atom is 0.120 e. The van der Waals surface area contributed by atoms with Gasteiger partial charge in [-0.2, -0.15) is 0 Å². The Kier molecular flexibility index (Phi) is 7.54. The minimum absolute atomic E-state index is 0.375. The lowest BCUT2D eigenvalue weighted by atomic mass is 9.95. The van der Waals surface area contributed by atoms with Crippen molar-refractivity contribution in [1.29, 1.82) is 0 Å². The molecule has 0 aromatic heterocycles. The van der Waals surface area contributed by atoms with E-state index in [1.165, 1.54) is 38.5 Å². The summed E-state index contributed by atoms with van der Waals surface area (Å²) in [6.45, 7) is 10.3. The number of aromatic hydroxyl groups is 2. The normalized spacial score (nSPS) is 19.1. The molecule has 0 unspecified atom stereocenters. The summed E-state index contributed by atoms with van der Waals surface area (Å²) in [5, 5.41) is 21.3. The molecule has 172 valence electrons. The Labute approximate surface area is 193 Å². The third-order valence-corrected chi connectivity index (χ3v) is 7.28. The van der Waals surface area contributed by atoms with Gasteiger partial charge in [0.15, 0.2) is 0 Å². The molecule has 32 heavy (non-hydrogen) atoms. The number of allylic oxidation sites excluding steroid dienone is 2. The average Bonchev–Trinajstić information content (AvgIpc) is 2.82. The van der Waals surface area contributed by atoms with Crippen LogP contribution in [-0.4, -0.2) is 46.2 Å². The van der Waals surface area contributed by atoms with Crippen molar-refractivity contribution in [3.8, 4) is 11.5 Å². The van der Waals surface area contributed by atoms with E-state index in [2.05, 4.69) is 47.9 Å². The van der Waals surface area contributed by atoms with Crippen molar-refractivity contribution < 1.29 is 10.2 Å². The van der Waals surface area contributed by atoms with Crippen molar-refractivity contribution in [3.05, 3.63) is 58.7 Å². The highest BCUT2D eigenvalue weighted by Gasteiger charge is 2.15. The molecule has 2 aliphatic heterocycles. The number of nitrogens with zero attached hydrogens (tertiary/aromatic N) is 2. The lowest BCUT2D eigenvalue weighted by Gasteiger charge is -2.27. The first kappa shape index (κ1) is 22.9. The third-order valence-electron chi connectivity index (χ3n) is 7.28. The van der Waals surface area contributed by atoms with E-state index in [4.69, 9.17) is 0 Å². The molecule has 2 saturated heterocycles. The third kappa shape index (κ3) is 5.54. The fraction of sp³-hybridized carbons (Fsp3) is 0.500. The minimum atomic E-state index is 0.375. The fourth-order valence-corrected chi connectivity index (χ4v) is 5.01. The smallest absolute Gasteiger partial charge is 0.120 e. The largest absolute Gasteiger partial charge is 0.508 e. The maximum atomic E-state index is 10.7. The molecule has 0 bridgehead atoms. The van der Waals surface area contributed by atoms with Crippen molar-refractivity contribution in [2.24, 2.45) is 0 Å². The van der Waals surface area contributed by atoms with E-state index in [0.29, 0.717) is 11.5 Å². The van der Waals surface area contributed by atoms with Crippen LogP contribution in [0.2, 0.25) is 0 Å². The Morgan fingerprint density at radius 3 is 1.34 bits per heavy atom. The summed E-state index contributed by atoms with van der Waals surface area (Å²) in [7, 11) is 0. The number of rotatable bonds is 6. The van der Waals surface area contributed by atoms with Crippen molar-refractivity contribution in [3.63, 3.8) is 0 Å². The van der Waals surface area contributed by atoms with Gasteiger partial charge in [-0.1, -0.05) is 37.1 Å². The molecule has 2 heterocycles. The Balaban J connectivity index is 1.48. The molecular formula is C28H38N2O2. The predicted molar refractivity (Wildman–Crippen MR) is 133 cm³/mol. The summed E-state index contributed by atoms with van der Waals surface area (Å²) >= 11 is 0. The van der Waals surface area contributed by atoms with E-state index < -0.39 is 0 Å². The highest BCUT2D eigenvalue weighted by molar-refractivity contribution is 5.89. The number of benzene rings is 2. The first-order valence-corrected chi connectivity index (χ1v) is 12.3. The molecule has 0 radical (unpaired) electrons. The number of piperidine rings is 2. The van der Waals surface area contributed by atoms with Gasteiger partial charge < -0.3 is 10.2 Å². The molecular weight excluding hydrogens is 396 g/mol. The Bertz CT molecular complexity index is 876. The molecule has 0 atom stereocenters. The summed E-state index contributed by atoms with van der Waals surface area (Å²) in [6, 6.07) is 12.1. The zero-order valence-electron chi connectivity index (χ0n) is 19.7. The van der Waals surface area contributed by atoms with Crippen molar-refractivity contribution in [1.82, 2.24) is 9.80 Å². The van der Waals surface area contributed by atoms with Gasteiger partial charge in [0.2, 0.25) is 0 Å². The van der Waals surface area contributed by atoms with Crippen molar-refractivity contribution in [2.45, 2.75) is 65.5 Å². The van der Waals surface area contributed by atoms with Gasteiger partial charge in [-0.3, -0.25) is 9.80 Å². The van der Waals surface area contributed by atoms with Crippen LogP contribution < -0.4 is 0 Å². The van der Waals surface area contributed by atoms with E-state index in [1.807, 2.05) is 12.1 Å². The Hall–Kier alpha value is -2.30. The van der Waals surface area contributed by atoms with Crippen LogP contribution in [0.1, 0.15) is 74.6 Å². The summed E-state index contributed by atoms with van der Waals surface area (Å²) in [6.07, 6.45) is 7.65. The number of phenolic OH excluding ortho intramolecular Hbond substituents is 2. The van der Waals surface area contributed by atoms with Crippen LogP contribution in [0.25, 0.3) is 11.1 Å². The van der Waals surface area contributed by atoms with Crippen LogP contribution >= 0.6 is 0 Å². The van der Waals surface area contributed by atoms with Crippen LogP contribution in [0.4, 0.5) is 0 Å². The van der Waals surface area contributed by atoms with Gasteiger partial charge >= 0.3 is 0 Å². The number of likely N-dealkylation sites (tertiary alicyclic amines) is 2. The van der Waals surface area contributed by atoms with Crippen LogP contribution in [0.15, 0.2) is 36.4 Å². The highest BCUT2D eigenvalue weighted by Crippen LogP contribution is 2.32. The molecule has 4 rings (SSSR count). The van der Waals surface area contributed by atoms with Crippen LogP contribution in [-0.2, 0) is 13.1 Å². The zero-order valence-corrected chi connectivity index (χ0v) is 19.7. The molecule has 4 nitrogen and oxygen atoms in total. The van der Waals surface area contributed by atoms with E-state index in [1.54, 1.807) is 0 Å². The Morgan fingerprint density at radius 1 is 0.625 bits per heavy atom. The minimum Gasteiger partial charge on any atom is -0.508 e. The van der Waals surface area contributed by atoms with Crippen molar-refractivity contribution in [2.75, 3.05) is 26.2 Å². The molecule has 2 N–H and O–H groups in total. The van der Waals surface area contributed by atoms with Gasteiger partial charge in [0.1, 0.15) is 11.5 Å². The molecule has 4 heteroatoms. The standard InChI is InChI=1S/C28H38N2O2/c1-21(23-9-11-25(27(31)17-23)19-29-13-5-3-6-14-29)22(2)24-10-12-26(28(32)18-24)20-30-15-7-4-8-16-30/h9-12,17-18,31-32H,3-8,13-16,19-20H2,1-2H3/b22-21-.